The number of morpholine rings is 1. The van der Waals surface area contributed by atoms with Crippen LogP contribution >= 0.6 is 11.3 Å². The van der Waals surface area contributed by atoms with Crippen LogP contribution in [0.1, 0.15) is 36.6 Å². The van der Waals surface area contributed by atoms with E-state index in [9.17, 15) is 17.6 Å². The zero-order valence-electron chi connectivity index (χ0n) is 23.3. The number of hydrogen-bond donors (Lipinski definition) is 0. The number of nitrogens with zero attached hydrogens (tertiary/aromatic N) is 5. The fourth-order valence-corrected chi connectivity index (χ4v) is 7.66. The van der Waals surface area contributed by atoms with E-state index < -0.39 is 15.6 Å². The summed E-state index contributed by atoms with van der Waals surface area (Å²) in [6.45, 7) is 4.99. The molecule has 2 aliphatic heterocycles. The summed E-state index contributed by atoms with van der Waals surface area (Å²) in [6, 6.07) is 8.09. The summed E-state index contributed by atoms with van der Waals surface area (Å²) in [4.78, 5) is 26.6. The van der Waals surface area contributed by atoms with Crippen LogP contribution in [0.2, 0.25) is 0 Å². The molecule has 2 aliphatic rings. The van der Waals surface area contributed by atoms with Crippen LogP contribution in [0.15, 0.2) is 47.5 Å². The average Bonchev–Trinajstić information content (AvgIpc) is 3.60. The van der Waals surface area contributed by atoms with E-state index in [-0.39, 0.29) is 28.7 Å². The minimum absolute atomic E-state index is 0.0372. The van der Waals surface area contributed by atoms with Crippen LogP contribution in [-0.4, -0.2) is 68.0 Å². The zero-order valence-corrected chi connectivity index (χ0v) is 24.9. The lowest BCUT2D eigenvalue weighted by molar-refractivity contribution is 0.122. The van der Waals surface area contributed by atoms with Crippen molar-refractivity contribution in [3.05, 3.63) is 69.3 Å². The first-order valence-corrected chi connectivity index (χ1v) is 16.5. The van der Waals surface area contributed by atoms with Crippen LogP contribution in [0.5, 0.6) is 5.75 Å². The summed E-state index contributed by atoms with van der Waals surface area (Å²) in [7, 11) is -3.57. The number of rotatable bonds is 9. The molecular formula is C29H32FN5O5S2. The molecule has 10 nitrogen and oxygen atoms in total. The minimum atomic E-state index is -3.57. The molecule has 4 aromatic rings. The molecule has 42 heavy (non-hydrogen) atoms. The van der Waals surface area contributed by atoms with Gasteiger partial charge in [-0.05, 0) is 36.6 Å². The van der Waals surface area contributed by atoms with Gasteiger partial charge in [0, 0.05) is 43.3 Å². The number of fused-ring (bicyclic) bond motifs is 1. The van der Waals surface area contributed by atoms with E-state index in [0.717, 1.165) is 29.0 Å². The Morgan fingerprint density at radius 1 is 1.14 bits per heavy atom. The third kappa shape index (κ3) is 5.72. The lowest BCUT2D eigenvalue weighted by atomic mass is 10.1. The first-order chi connectivity index (χ1) is 20.3. The zero-order chi connectivity index (χ0) is 29.3. The van der Waals surface area contributed by atoms with Crippen LogP contribution in [-0.2, 0) is 21.2 Å². The molecule has 222 valence electrons. The summed E-state index contributed by atoms with van der Waals surface area (Å²) in [5, 5.41) is 0.491. The summed E-state index contributed by atoms with van der Waals surface area (Å²) in [5.74, 6) is -0.181. The molecule has 0 atom stereocenters. The molecule has 1 aromatic carbocycles. The predicted octanol–water partition coefficient (Wildman–Crippen LogP) is 4.10. The van der Waals surface area contributed by atoms with Crippen molar-refractivity contribution < 1.29 is 22.3 Å². The van der Waals surface area contributed by atoms with E-state index >= 15 is 0 Å². The predicted molar refractivity (Wildman–Crippen MR) is 161 cm³/mol. The molecule has 3 aromatic heterocycles. The Morgan fingerprint density at radius 2 is 1.93 bits per heavy atom. The number of benzene rings is 1. The summed E-state index contributed by atoms with van der Waals surface area (Å²) >= 11 is 1.37. The Morgan fingerprint density at radius 3 is 2.64 bits per heavy atom. The number of hydrogen-bond acceptors (Lipinski definition) is 9. The van der Waals surface area contributed by atoms with Crippen molar-refractivity contribution in [2.24, 2.45) is 0 Å². The van der Waals surface area contributed by atoms with Gasteiger partial charge in [-0.25, -0.2) is 22.8 Å². The molecule has 0 radical (unpaired) electrons. The number of sulfonamides is 1. The van der Waals surface area contributed by atoms with Crippen molar-refractivity contribution in [3.63, 3.8) is 0 Å². The Balaban J connectivity index is 1.51. The molecule has 0 amide bonds. The van der Waals surface area contributed by atoms with Gasteiger partial charge in [0.05, 0.1) is 36.9 Å². The van der Waals surface area contributed by atoms with Gasteiger partial charge in [-0.1, -0.05) is 25.5 Å². The van der Waals surface area contributed by atoms with Crippen LogP contribution in [0.25, 0.3) is 16.3 Å². The SMILES string of the molecule is CCCCOc1c(-c2ncc(Cc3ccc(F)cc3)s2)nc2c(N3CCCS3(=O)=O)cc(N3CCOCC3)cn2c1=O. The quantitative estimate of drug-likeness (QED) is 0.260. The van der Waals surface area contributed by atoms with Crippen LogP contribution in [0, 0.1) is 5.82 Å². The lowest BCUT2D eigenvalue weighted by Crippen LogP contribution is -2.37. The molecule has 0 bridgehead atoms. The highest BCUT2D eigenvalue weighted by atomic mass is 32.2. The van der Waals surface area contributed by atoms with Gasteiger partial charge < -0.3 is 14.4 Å². The Hall–Kier alpha value is -3.55. The standard InChI is InChI=1S/C29H32FN5O5S2/c1-2-3-12-40-26-25(28-31-18-23(41-28)16-20-5-7-21(30)8-6-20)32-27-24(35-9-4-15-42(35,37)38)17-22(19-34(27)29(26)36)33-10-13-39-14-11-33/h5-8,17-19H,2-4,9-16H2,1H3. The first kappa shape index (κ1) is 28.6. The van der Waals surface area contributed by atoms with Crippen molar-refractivity contribution >= 4 is 38.4 Å². The number of aromatic nitrogens is 3. The molecule has 5 heterocycles. The number of unbranched alkanes of at least 4 members (excludes halogenated alkanes) is 1. The third-order valence-corrected chi connectivity index (χ3v) is 10.2. The average molecular weight is 614 g/mol. The fraction of sp³-hybridized carbons (Fsp3) is 0.414. The van der Waals surface area contributed by atoms with E-state index in [1.54, 1.807) is 30.6 Å². The van der Waals surface area contributed by atoms with E-state index in [0.29, 0.717) is 63.0 Å². The van der Waals surface area contributed by atoms with Crippen molar-refractivity contribution in [1.82, 2.24) is 14.4 Å². The van der Waals surface area contributed by atoms with Gasteiger partial charge >= 0.3 is 5.56 Å². The minimum Gasteiger partial charge on any atom is -0.486 e. The van der Waals surface area contributed by atoms with Crippen LogP contribution in [0.4, 0.5) is 15.8 Å². The second kappa shape index (κ2) is 12.0. The van der Waals surface area contributed by atoms with Gasteiger partial charge in [-0.15, -0.1) is 11.3 Å². The van der Waals surface area contributed by atoms with Crippen molar-refractivity contribution in [2.75, 3.05) is 54.4 Å². The topological polar surface area (TPSA) is 106 Å². The molecule has 0 N–H and O–H groups in total. The van der Waals surface area contributed by atoms with Gasteiger partial charge in [0.15, 0.2) is 5.65 Å². The molecule has 0 saturated carbocycles. The van der Waals surface area contributed by atoms with Gasteiger partial charge in [0.25, 0.3) is 0 Å². The number of pyridine rings is 1. The Bertz CT molecular complexity index is 1750. The highest BCUT2D eigenvalue weighted by Gasteiger charge is 2.32. The number of thiazole rings is 1. The Labute approximate surface area is 247 Å². The maximum absolute atomic E-state index is 14.1. The Kier molecular flexibility index (Phi) is 8.15. The van der Waals surface area contributed by atoms with Crippen LogP contribution in [0.3, 0.4) is 0 Å². The summed E-state index contributed by atoms with van der Waals surface area (Å²) in [6.07, 6.45) is 6.09. The number of halogens is 1. The van der Waals surface area contributed by atoms with Crippen molar-refractivity contribution in [1.29, 1.82) is 0 Å². The maximum Gasteiger partial charge on any atom is 0.301 e. The second-order valence-corrected chi connectivity index (χ2v) is 13.5. The molecule has 6 rings (SSSR count). The largest absolute Gasteiger partial charge is 0.486 e. The second-order valence-electron chi connectivity index (χ2n) is 10.3. The van der Waals surface area contributed by atoms with E-state index in [1.807, 2.05) is 6.92 Å². The molecule has 2 fully saturated rings. The summed E-state index contributed by atoms with van der Waals surface area (Å²) < 4.78 is 53.9. The molecule has 0 aliphatic carbocycles. The number of anilines is 2. The van der Waals surface area contributed by atoms with Gasteiger partial charge in [-0.2, -0.15) is 0 Å². The van der Waals surface area contributed by atoms with E-state index in [4.69, 9.17) is 14.5 Å². The smallest absolute Gasteiger partial charge is 0.301 e. The highest BCUT2D eigenvalue weighted by molar-refractivity contribution is 7.93. The van der Waals surface area contributed by atoms with Crippen molar-refractivity contribution in [2.45, 2.75) is 32.6 Å². The molecule has 13 heteroatoms. The van der Waals surface area contributed by atoms with Gasteiger partial charge in [0.1, 0.15) is 16.5 Å². The lowest BCUT2D eigenvalue weighted by Gasteiger charge is -2.30. The first-order valence-electron chi connectivity index (χ1n) is 14.1. The molecule has 2 saturated heterocycles. The van der Waals surface area contributed by atoms with Gasteiger partial charge in [-0.3, -0.25) is 13.5 Å². The van der Waals surface area contributed by atoms with E-state index in [1.165, 1.54) is 32.2 Å². The molecule has 0 unspecified atom stereocenters. The maximum atomic E-state index is 14.1. The molecular weight excluding hydrogens is 581 g/mol. The normalized spacial score (nSPS) is 16.8. The summed E-state index contributed by atoms with van der Waals surface area (Å²) in [5.41, 5.74) is 2.09. The third-order valence-electron chi connectivity index (χ3n) is 7.39. The monoisotopic (exact) mass is 613 g/mol. The highest BCUT2D eigenvalue weighted by Crippen LogP contribution is 2.36. The van der Waals surface area contributed by atoms with E-state index in [2.05, 4.69) is 9.88 Å². The number of ether oxygens (including phenoxy) is 2. The van der Waals surface area contributed by atoms with Crippen molar-refractivity contribution in [3.8, 4) is 16.5 Å². The molecule has 0 spiro atoms. The van der Waals surface area contributed by atoms with Crippen LogP contribution < -0.4 is 19.5 Å². The fourth-order valence-electron chi connectivity index (χ4n) is 5.18. The van der Waals surface area contributed by atoms with Gasteiger partial charge in [0.2, 0.25) is 15.8 Å².